The Hall–Kier alpha value is -1.88. The van der Waals surface area contributed by atoms with Gasteiger partial charge >= 0.3 is 5.97 Å². The van der Waals surface area contributed by atoms with Gasteiger partial charge in [-0.1, -0.05) is 32.4 Å². The summed E-state index contributed by atoms with van der Waals surface area (Å²) >= 11 is 5.82. The van der Waals surface area contributed by atoms with Crippen LogP contribution < -0.4 is 5.32 Å². The van der Waals surface area contributed by atoms with E-state index in [1.54, 1.807) is 24.3 Å². The summed E-state index contributed by atoms with van der Waals surface area (Å²) in [6.07, 6.45) is 4.25. The number of amides is 1. The van der Waals surface area contributed by atoms with Crippen LogP contribution >= 0.6 is 11.6 Å². The number of ketones is 1. The van der Waals surface area contributed by atoms with Gasteiger partial charge in [-0.15, -0.1) is 0 Å². The molecule has 1 amide bonds. The molecule has 0 spiro atoms. The van der Waals surface area contributed by atoms with E-state index in [-0.39, 0.29) is 30.1 Å². The van der Waals surface area contributed by atoms with Gasteiger partial charge in [-0.3, -0.25) is 9.59 Å². The summed E-state index contributed by atoms with van der Waals surface area (Å²) in [7, 11) is 0. The van der Waals surface area contributed by atoms with Crippen LogP contribution in [0, 0.1) is 17.8 Å². The second-order valence-electron chi connectivity index (χ2n) is 8.19. The maximum atomic E-state index is 12.6. The molecule has 28 heavy (non-hydrogen) atoms. The lowest BCUT2D eigenvalue weighted by Crippen LogP contribution is -2.46. The van der Waals surface area contributed by atoms with Crippen LogP contribution in [0.5, 0.6) is 0 Å². The van der Waals surface area contributed by atoms with Gasteiger partial charge in [0.05, 0.1) is 0 Å². The minimum absolute atomic E-state index is 0.0469. The molecule has 1 fully saturated rings. The fourth-order valence-corrected chi connectivity index (χ4v) is 3.58. The van der Waals surface area contributed by atoms with Gasteiger partial charge < -0.3 is 10.1 Å². The number of rotatable bonds is 8. The van der Waals surface area contributed by atoms with Gasteiger partial charge in [0.25, 0.3) is 0 Å². The number of carbonyl (C=O) groups is 3. The van der Waals surface area contributed by atoms with Crippen molar-refractivity contribution in [2.45, 2.75) is 58.9 Å². The predicted molar refractivity (Wildman–Crippen MR) is 109 cm³/mol. The molecule has 0 unspecified atom stereocenters. The first-order valence-corrected chi connectivity index (χ1v) is 10.4. The first kappa shape index (κ1) is 22.4. The van der Waals surface area contributed by atoms with Crippen molar-refractivity contribution in [3.8, 4) is 0 Å². The molecular weight excluding hydrogens is 378 g/mol. The number of esters is 1. The molecule has 154 valence electrons. The molecule has 0 heterocycles. The summed E-state index contributed by atoms with van der Waals surface area (Å²) in [6.45, 7) is 5.80. The second kappa shape index (κ2) is 10.6. The molecule has 0 aliphatic heterocycles. The molecule has 1 N–H and O–H groups in total. The molecular formula is C22H30ClNO4. The lowest BCUT2D eigenvalue weighted by molar-refractivity contribution is -0.148. The third-order valence-electron chi connectivity index (χ3n) is 5.21. The quantitative estimate of drug-likeness (QED) is 0.511. The molecule has 1 atom stereocenters. The van der Waals surface area contributed by atoms with Crippen LogP contribution in [0.3, 0.4) is 0 Å². The largest absolute Gasteiger partial charge is 0.456 e. The highest BCUT2D eigenvalue weighted by Crippen LogP contribution is 2.28. The SMILES string of the molecule is CC(C)C[C@@H](NC(=O)C1CCC(C)CC1)C(=O)OCC(=O)c1ccc(Cl)cc1. The van der Waals surface area contributed by atoms with Gasteiger partial charge in [-0.05, 0) is 68.2 Å². The van der Waals surface area contributed by atoms with Crippen molar-refractivity contribution in [3.05, 3.63) is 34.9 Å². The highest BCUT2D eigenvalue weighted by atomic mass is 35.5. The van der Waals surface area contributed by atoms with E-state index in [2.05, 4.69) is 12.2 Å². The number of hydrogen-bond donors (Lipinski definition) is 1. The van der Waals surface area contributed by atoms with Crippen LogP contribution in [0.15, 0.2) is 24.3 Å². The standard InChI is InChI=1S/C22H30ClNO4/c1-14(2)12-19(24-21(26)17-6-4-15(3)5-7-17)22(27)28-13-20(25)16-8-10-18(23)11-9-16/h8-11,14-15,17,19H,4-7,12-13H2,1-3H3,(H,24,26)/t15?,17?,19-/m1/s1. The predicted octanol–water partition coefficient (Wildman–Crippen LogP) is 4.42. The topological polar surface area (TPSA) is 72.5 Å². The van der Waals surface area contributed by atoms with E-state index < -0.39 is 12.0 Å². The second-order valence-corrected chi connectivity index (χ2v) is 8.62. The monoisotopic (exact) mass is 407 g/mol. The number of halogens is 1. The van der Waals surface area contributed by atoms with Crippen molar-refractivity contribution in [2.75, 3.05) is 6.61 Å². The average Bonchev–Trinajstić information content (AvgIpc) is 2.66. The summed E-state index contributed by atoms with van der Waals surface area (Å²) in [6, 6.07) is 5.68. The maximum Gasteiger partial charge on any atom is 0.329 e. The highest BCUT2D eigenvalue weighted by molar-refractivity contribution is 6.30. The van der Waals surface area contributed by atoms with Crippen molar-refractivity contribution in [2.24, 2.45) is 17.8 Å². The average molecular weight is 408 g/mol. The van der Waals surface area contributed by atoms with Crippen LogP contribution in [0.25, 0.3) is 0 Å². The molecule has 1 saturated carbocycles. The van der Waals surface area contributed by atoms with Crippen molar-refractivity contribution in [1.29, 1.82) is 0 Å². The van der Waals surface area contributed by atoms with Gasteiger partial charge in [0.15, 0.2) is 12.4 Å². The van der Waals surface area contributed by atoms with E-state index in [1.807, 2.05) is 13.8 Å². The van der Waals surface area contributed by atoms with Crippen LogP contribution in [0.2, 0.25) is 5.02 Å². The molecule has 1 aromatic carbocycles. The maximum absolute atomic E-state index is 12.6. The van der Waals surface area contributed by atoms with Gasteiger partial charge in [0, 0.05) is 16.5 Å². The lowest BCUT2D eigenvalue weighted by atomic mass is 9.82. The molecule has 1 aliphatic rings. The summed E-state index contributed by atoms with van der Waals surface area (Å²) in [4.78, 5) is 37.3. The Kier molecular flexibility index (Phi) is 8.49. The van der Waals surface area contributed by atoms with Gasteiger partial charge in [0.2, 0.25) is 5.91 Å². The van der Waals surface area contributed by atoms with Crippen molar-refractivity contribution >= 4 is 29.3 Å². The van der Waals surface area contributed by atoms with Crippen LogP contribution in [0.1, 0.15) is 63.2 Å². The molecule has 6 heteroatoms. The van der Waals surface area contributed by atoms with Crippen LogP contribution in [-0.4, -0.2) is 30.3 Å². The fraction of sp³-hybridized carbons (Fsp3) is 0.591. The smallest absolute Gasteiger partial charge is 0.329 e. The summed E-state index contributed by atoms with van der Waals surface area (Å²) in [5, 5.41) is 3.39. The van der Waals surface area contributed by atoms with Gasteiger partial charge in [-0.2, -0.15) is 0 Å². The number of carbonyl (C=O) groups excluding carboxylic acids is 3. The Bertz CT molecular complexity index is 678. The molecule has 0 bridgehead atoms. The number of Topliss-reactive ketones (excluding diaryl/α,β-unsaturated/α-hetero) is 1. The molecule has 5 nitrogen and oxygen atoms in total. The van der Waals surface area contributed by atoms with E-state index in [0.717, 1.165) is 25.7 Å². The van der Waals surface area contributed by atoms with Gasteiger partial charge in [0.1, 0.15) is 6.04 Å². The molecule has 1 aliphatic carbocycles. The molecule has 0 saturated heterocycles. The molecule has 1 aromatic rings. The third kappa shape index (κ3) is 6.93. The Morgan fingerprint density at radius 2 is 1.71 bits per heavy atom. The Balaban J connectivity index is 1.91. The zero-order valence-electron chi connectivity index (χ0n) is 16.9. The van der Waals surface area contributed by atoms with E-state index in [0.29, 0.717) is 22.9 Å². The molecule has 0 radical (unpaired) electrons. The van der Waals surface area contributed by atoms with Crippen molar-refractivity contribution in [1.82, 2.24) is 5.32 Å². The van der Waals surface area contributed by atoms with Gasteiger partial charge in [-0.25, -0.2) is 4.79 Å². The summed E-state index contributed by atoms with van der Waals surface area (Å²) in [5.74, 6) is -0.141. The van der Waals surface area contributed by atoms with E-state index in [4.69, 9.17) is 16.3 Å². The Labute approximate surface area is 172 Å². The van der Waals surface area contributed by atoms with E-state index in [9.17, 15) is 14.4 Å². The summed E-state index contributed by atoms with van der Waals surface area (Å²) < 4.78 is 5.22. The van der Waals surface area contributed by atoms with Crippen LogP contribution in [0.4, 0.5) is 0 Å². The van der Waals surface area contributed by atoms with Crippen molar-refractivity contribution in [3.63, 3.8) is 0 Å². The number of nitrogens with one attached hydrogen (secondary N) is 1. The third-order valence-corrected chi connectivity index (χ3v) is 5.46. The number of benzene rings is 1. The lowest BCUT2D eigenvalue weighted by Gasteiger charge is -2.27. The normalized spacial score (nSPS) is 20.5. The Morgan fingerprint density at radius 1 is 1.11 bits per heavy atom. The fourth-order valence-electron chi connectivity index (χ4n) is 3.45. The Morgan fingerprint density at radius 3 is 2.29 bits per heavy atom. The zero-order valence-corrected chi connectivity index (χ0v) is 17.6. The minimum Gasteiger partial charge on any atom is -0.456 e. The van der Waals surface area contributed by atoms with E-state index in [1.165, 1.54) is 0 Å². The van der Waals surface area contributed by atoms with Crippen molar-refractivity contribution < 1.29 is 19.1 Å². The zero-order chi connectivity index (χ0) is 20.7. The highest BCUT2D eigenvalue weighted by Gasteiger charge is 2.29. The minimum atomic E-state index is -0.732. The first-order chi connectivity index (χ1) is 13.3. The molecule has 0 aromatic heterocycles. The first-order valence-electron chi connectivity index (χ1n) is 10.0. The van der Waals surface area contributed by atoms with E-state index >= 15 is 0 Å². The summed E-state index contributed by atoms with van der Waals surface area (Å²) in [5.41, 5.74) is 0.429. The van der Waals surface area contributed by atoms with Crippen LogP contribution in [-0.2, 0) is 14.3 Å². The number of hydrogen-bond acceptors (Lipinski definition) is 4. The molecule has 2 rings (SSSR count). The number of ether oxygens (including phenoxy) is 1.